The molecule has 3 rings (SSSR count). The Balaban J connectivity index is 1.49. The van der Waals surface area contributed by atoms with E-state index in [1.807, 2.05) is 24.3 Å². The molecule has 32 heavy (non-hydrogen) atoms. The van der Waals surface area contributed by atoms with Crippen molar-refractivity contribution in [1.82, 2.24) is 10.2 Å². The molecule has 1 heterocycles. The summed E-state index contributed by atoms with van der Waals surface area (Å²) >= 11 is 0. The largest absolute Gasteiger partial charge is 0.493 e. The number of ether oxygens (including phenoxy) is 4. The van der Waals surface area contributed by atoms with Crippen LogP contribution in [0.2, 0.25) is 0 Å². The van der Waals surface area contributed by atoms with Crippen LogP contribution in [0.3, 0.4) is 0 Å². The molecule has 0 bridgehead atoms. The first-order chi connectivity index (χ1) is 15.5. The summed E-state index contributed by atoms with van der Waals surface area (Å²) in [6, 6.07) is 11.1. The fraction of sp³-hybridized carbons (Fsp3) is 0.480. The number of carbonyl (C=O) groups excluding carboxylic acids is 1. The molecule has 1 aliphatic rings. The van der Waals surface area contributed by atoms with E-state index < -0.39 is 0 Å². The van der Waals surface area contributed by atoms with Crippen LogP contribution in [-0.4, -0.2) is 58.4 Å². The Hall–Kier alpha value is -2.93. The van der Waals surface area contributed by atoms with E-state index in [2.05, 4.69) is 17.1 Å². The maximum Gasteiger partial charge on any atom is 0.251 e. The first-order valence-electron chi connectivity index (χ1n) is 11.1. The molecule has 1 amide bonds. The molecular formula is C25H34N2O5. The molecule has 0 saturated carbocycles. The van der Waals surface area contributed by atoms with Gasteiger partial charge in [-0.05, 0) is 61.7 Å². The molecule has 0 aliphatic carbocycles. The quantitative estimate of drug-likeness (QED) is 0.604. The Labute approximate surface area is 190 Å². The molecule has 7 nitrogen and oxygen atoms in total. The van der Waals surface area contributed by atoms with Crippen molar-refractivity contribution in [3.05, 3.63) is 47.5 Å². The van der Waals surface area contributed by atoms with Gasteiger partial charge in [-0.15, -0.1) is 0 Å². The van der Waals surface area contributed by atoms with Gasteiger partial charge >= 0.3 is 0 Å². The summed E-state index contributed by atoms with van der Waals surface area (Å²) in [5, 5.41) is 2.93. The number of rotatable bonds is 10. The molecule has 0 unspecified atom stereocenters. The van der Waals surface area contributed by atoms with Crippen LogP contribution in [0.15, 0.2) is 36.4 Å². The second kappa shape index (κ2) is 11.6. The molecule has 2 aromatic rings. The molecular weight excluding hydrogens is 408 g/mol. The van der Waals surface area contributed by atoms with E-state index in [0.717, 1.165) is 36.9 Å². The number of nitrogens with one attached hydrogen (secondary N) is 1. The fourth-order valence-electron chi connectivity index (χ4n) is 3.78. The van der Waals surface area contributed by atoms with Crippen LogP contribution in [0.4, 0.5) is 0 Å². The molecule has 1 fully saturated rings. The monoisotopic (exact) mass is 442 g/mol. The lowest BCUT2D eigenvalue weighted by atomic mass is 9.99. The van der Waals surface area contributed by atoms with E-state index >= 15 is 0 Å². The fourth-order valence-corrected chi connectivity index (χ4v) is 3.78. The highest BCUT2D eigenvalue weighted by atomic mass is 16.5. The van der Waals surface area contributed by atoms with Crippen LogP contribution >= 0.6 is 0 Å². The third-order valence-electron chi connectivity index (χ3n) is 5.86. The van der Waals surface area contributed by atoms with E-state index in [4.69, 9.17) is 18.9 Å². The predicted octanol–water partition coefficient (Wildman–Crippen LogP) is 3.75. The Morgan fingerprint density at radius 3 is 2.19 bits per heavy atom. The molecule has 1 N–H and O–H groups in total. The lowest BCUT2D eigenvalue weighted by Gasteiger charge is -2.29. The van der Waals surface area contributed by atoms with Gasteiger partial charge in [0.1, 0.15) is 12.4 Å². The number of benzene rings is 2. The predicted molar refractivity (Wildman–Crippen MR) is 124 cm³/mol. The van der Waals surface area contributed by atoms with Gasteiger partial charge in [0.05, 0.1) is 21.3 Å². The van der Waals surface area contributed by atoms with Crippen molar-refractivity contribution in [1.29, 1.82) is 0 Å². The van der Waals surface area contributed by atoms with E-state index in [9.17, 15) is 4.79 Å². The van der Waals surface area contributed by atoms with Gasteiger partial charge in [-0.2, -0.15) is 0 Å². The van der Waals surface area contributed by atoms with E-state index in [1.165, 1.54) is 34.2 Å². The van der Waals surface area contributed by atoms with Gasteiger partial charge in [0, 0.05) is 18.7 Å². The summed E-state index contributed by atoms with van der Waals surface area (Å²) in [4.78, 5) is 15.1. The standard InChI is InChI=1S/C25H34N2O5/c1-18-9-11-27(12-10-18)13-14-32-21-7-5-19(6-8-21)17-26-25(28)20-15-22(29-2)24(31-4)23(16-20)30-3/h5-8,15-16,18H,9-14,17H2,1-4H3,(H,26,28). The van der Waals surface area contributed by atoms with Gasteiger partial charge in [-0.3, -0.25) is 9.69 Å². The maximum absolute atomic E-state index is 12.6. The van der Waals surface area contributed by atoms with Crippen LogP contribution in [0, 0.1) is 5.92 Å². The van der Waals surface area contributed by atoms with Gasteiger partial charge in [-0.1, -0.05) is 19.1 Å². The highest BCUT2D eigenvalue weighted by molar-refractivity contribution is 5.95. The second-order valence-electron chi connectivity index (χ2n) is 8.11. The minimum Gasteiger partial charge on any atom is -0.493 e. The van der Waals surface area contributed by atoms with Crippen LogP contribution < -0.4 is 24.3 Å². The summed E-state index contributed by atoms with van der Waals surface area (Å²) in [6.45, 7) is 6.69. The highest BCUT2D eigenvalue weighted by Crippen LogP contribution is 2.38. The van der Waals surface area contributed by atoms with Gasteiger partial charge in [0.25, 0.3) is 5.91 Å². The number of piperidine rings is 1. The van der Waals surface area contributed by atoms with Crippen molar-refractivity contribution < 1.29 is 23.7 Å². The van der Waals surface area contributed by atoms with Crippen molar-refractivity contribution in [2.75, 3.05) is 47.6 Å². The lowest BCUT2D eigenvalue weighted by Crippen LogP contribution is -2.35. The van der Waals surface area contributed by atoms with Crippen LogP contribution in [0.1, 0.15) is 35.7 Å². The summed E-state index contributed by atoms with van der Waals surface area (Å²) in [5.74, 6) is 2.80. The SMILES string of the molecule is COc1cc(C(=O)NCc2ccc(OCCN3CCC(C)CC3)cc2)cc(OC)c1OC. The number of amides is 1. The lowest BCUT2D eigenvalue weighted by molar-refractivity contribution is 0.0950. The zero-order valence-electron chi connectivity index (χ0n) is 19.5. The summed E-state index contributed by atoms with van der Waals surface area (Å²) in [7, 11) is 4.58. The number of carbonyl (C=O) groups is 1. The van der Waals surface area contributed by atoms with Crippen molar-refractivity contribution in [3.63, 3.8) is 0 Å². The molecule has 2 aromatic carbocycles. The van der Waals surface area contributed by atoms with E-state index in [0.29, 0.717) is 36.0 Å². The first-order valence-corrected chi connectivity index (χ1v) is 11.1. The van der Waals surface area contributed by atoms with Crippen molar-refractivity contribution in [2.45, 2.75) is 26.3 Å². The molecule has 7 heteroatoms. The summed E-state index contributed by atoms with van der Waals surface area (Å²) in [6.07, 6.45) is 2.55. The van der Waals surface area contributed by atoms with E-state index in [-0.39, 0.29) is 5.91 Å². The van der Waals surface area contributed by atoms with Gasteiger partial charge in [0.2, 0.25) is 5.75 Å². The molecule has 0 radical (unpaired) electrons. The number of methoxy groups -OCH3 is 3. The van der Waals surface area contributed by atoms with Crippen LogP contribution in [0.25, 0.3) is 0 Å². The number of nitrogens with zero attached hydrogens (tertiary/aromatic N) is 1. The smallest absolute Gasteiger partial charge is 0.251 e. The van der Waals surface area contributed by atoms with Crippen molar-refractivity contribution in [3.8, 4) is 23.0 Å². The van der Waals surface area contributed by atoms with Gasteiger partial charge in [-0.25, -0.2) is 0 Å². The topological polar surface area (TPSA) is 69.3 Å². The Morgan fingerprint density at radius 2 is 1.62 bits per heavy atom. The second-order valence-corrected chi connectivity index (χ2v) is 8.11. The molecule has 0 atom stereocenters. The number of hydrogen-bond donors (Lipinski definition) is 1. The zero-order valence-corrected chi connectivity index (χ0v) is 19.5. The van der Waals surface area contributed by atoms with Gasteiger partial charge in [0.15, 0.2) is 11.5 Å². The summed E-state index contributed by atoms with van der Waals surface area (Å²) < 4.78 is 21.8. The van der Waals surface area contributed by atoms with Crippen LogP contribution in [0.5, 0.6) is 23.0 Å². The maximum atomic E-state index is 12.6. The van der Waals surface area contributed by atoms with Crippen molar-refractivity contribution in [2.24, 2.45) is 5.92 Å². The molecule has 174 valence electrons. The van der Waals surface area contributed by atoms with Gasteiger partial charge < -0.3 is 24.3 Å². The average molecular weight is 443 g/mol. The summed E-state index contributed by atoms with van der Waals surface area (Å²) in [5.41, 5.74) is 1.43. The normalized spacial score (nSPS) is 14.6. The molecule has 0 aromatic heterocycles. The minimum absolute atomic E-state index is 0.222. The third-order valence-corrected chi connectivity index (χ3v) is 5.86. The average Bonchev–Trinajstić information content (AvgIpc) is 2.83. The molecule has 0 spiro atoms. The minimum atomic E-state index is -0.222. The Morgan fingerprint density at radius 1 is 1.00 bits per heavy atom. The highest BCUT2D eigenvalue weighted by Gasteiger charge is 2.17. The Bertz CT molecular complexity index is 851. The zero-order chi connectivity index (χ0) is 22.9. The van der Waals surface area contributed by atoms with Crippen LogP contribution in [-0.2, 0) is 6.54 Å². The molecule has 1 aliphatic heterocycles. The first kappa shape index (κ1) is 23.7. The van der Waals surface area contributed by atoms with Crippen molar-refractivity contribution >= 4 is 5.91 Å². The number of hydrogen-bond acceptors (Lipinski definition) is 6. The molecule has 1 saturated heterocycles. The number of likely N-dealkylation sites (tertiary alicyclic amines) is 1. The van der Waals surface area contributed by atoms with E-state index in [1.54, 1.807) is 12.1 Å². The third kappa shape index (κ3) is 6.29. The Kier molecular flexibility index (Phi) is 8.62.